The topological polar surface area (TPSA) is 55.8 Å². The first kappa shape index (κ1) is 18.6. The highest BCUT2D eigenvalue weighted by atomic mass is 35.5. The molecule has 0 aromatic heterocycles. The summed E-state index contributed by atoms with van der Waals surface area (Å²) in [6.45, 7) is 3.19. The molecule has 1 amide bonds. The second kappa shape index (κ2) is 9.52. The smallest absolute Gasteiger partial charge is 0.328 e. The first-order valence-electron chi connectivity index (χ1n) is 8.46. The molecule has 0 radical (unpaired) electrons. The van der Waals surface area contributed by atoms with Gasteiger partial charge in [-0.15, -0.1) is 0 Å². The van der Waals surface area contributed by atoms with E-state index in [-0.39, 0.29) is 11.9 Å². The number of ether oxygens (including phenoxy) is 2. The Labute approximate surface area is 147 Å². The molecule has 0 bridgehead atoms. The van der Waals surface area contributed by atoms with Crippen LogP contribution in [0.4, 0.5) is 0 Å². The van der Waals surface area contributed by atoms with Gasteiger partial charge in [-0.25, -0.2) is 4.79 Å². The Morgan fingerprint density at radius 2 is 2.00 bits per heavy atom. The quantitative estimate of drug-likeness (QED) is 0.556. The van der Waals surface area contributed by atoms with Crippen molar-refractivity contribution in [3.05, 3.63) is 29.3 Å². The van der Waals surface area contributed by atoms with Gasteiger partial charge in [-0.2, -0.15) is 0 Å². The monoisotopic (exact) mass is 353 g/mol. The van der Waals surface area contributed by atoms with Gasteiger partial charge in [0.15, 0.2) is 0 Å². The molecule has 1 aliphatic heterocycles. The van der Waals surface area contributed by atoms with Crippen molar-refractivity contribution in [2.45, 2.75) is 45.1 Å². The molecule has 1 aliphatic rings. The van der Waals surface area contributed by atoms with E-state index >= 15 is 0 Å². The number of hydrogen-bond donors (Lipinski definition) is 0. The summed E-state index contributed by atoms with van der Waals surface area (Å²) in [5, 5.41) is 0.660. The maximum Gasteiger partial charge on any atom is 0.328 e. The summed E-state index contributed by atoms with van der Waals surface area (Å²) in [5.74, 6) is 0.435. The first-order chi connectivity index (χ1) is 11.6. The van der Waals surface area contributed by atoms with Crippen molar-refractivity contribution in [1.82, 2.24) is 4.90 Å². The van der Waals surface area contributed by atoms with Crippen LogP contribution < -0.4 is 4.74 Å². The van der Waals surface area contributed by atoms with Crippen molar-refractivity contribution < 1.29 is 19.1 Å². The Kier molecular flexibility index (Phi) is 7.37. The van der Waals surface area contributed by atoms with Gasteiger partial charge in [0.1, 0.15) is 11.8 Å². The van der Waals surface area contributed by atoms with Gasteiger partial charge in [-0.05, 0) is 56.9 Å². The zero-order valence-electron chi connectivity index (χ0n) is 14.0. The molecule has 0 N–H and O–H groups in total. The number of carbonyl (C=O) groups excluding carboxylic acids is 2. The molecule has 1 heterocycles. The number of halogens is 1. The Hall–Kier alpha value is -1.75. The van der Waals surface area contributed by atoms with Gasteiger partial charge in [-0.3, -0.25) is 4.79 Å². The second-order valence-electron chi connectivity index (χ2n) is 5.76. The number of esters is 1. The molecule has 0 aliphatic carbocycles. The van der Waals surface area contributed by atoms with E-state index < -0.39 is 6.04 Å². The van der Waals surface area contributed by atoms with Crippen LogP contribution in [-0.4, -0.2) is 42.6 Å². The molecule has 6 heteroatoms. The zero-order chi connectivity index (χ0) is 17.4. The van der Waals surface area contributed by atoms with Crippen LogP contribution in [0.1, 0.15) is 39.0 Å². The number of benzene rings is 1. The van der Waals surface area contributed by atoms with E-state index in [0.29, 0.717) is 44.0 Å². The van der Waals surface area contributed by atoms with Crippen LogP contribution in [0, 0.1) is 0 Å². The molecule has 24 heavy (non-hydrogen) atoms. The number of nitrogens with zero attached hydrogens (tertiary/aromatic N) is 1. The lowest BCUT2D eigenvalue weighted by Gasteiger charge is -2.34. The van der Waals surface area contributed by atoms with Gasteiger partial charge in [0.05, 0.1) is 13.2 Å². The third-order valence-electron chi connectivity index (χ3n) is 4.00. The van der Waals surface area contributed by atoms with Gasteiger partial charge >= 0.3 is 5.97 Å². The number of amides is 1. The fourth-order valence-corrected chi connectivity index (χ4v) is 2.93. The van der Waals surface area contributed by atoms with E-state index in [0.717, 1.165) is 18.6 Å². The minimum Gasteiger partial charge on any atom is -0.494 e. The van der Waals surface area contributed by atoms with Crippen LogP contribution in [0.2, 0.25) is 5.02 Å². The number of carbonyl (C=O) groups is 2. The van der Waals surface area contributed by atoms with Gasteiger partial charge < -0.3 is 14.4 Å². The van der Waals surface area contributed by atoms with Gasteiger partial charge in [0.25, 0.3) is 0 Å². The predicted molar refractivity (Wildman–Crippen MR) is 92.2 cm³/mol. The first-order valence-corrected chi connectivity index (χ1v) is 8.84. The van der Waals surface area contributed by atoms with Crippen LogP contribution in [0.5, 0.6) is 5.75 Å². The average Bonchev–Trinajstić information content (AvgIpc) is 2.60. The molecule has 1 aromatic carbocycles. The van der Waals surface area contributed by atoms with Crippen molar-refractivity contribution in [2.24, 2.45) is 0 Å². The van der Waals surface area contributed by atoms with Crippen molar-refractivity contribution in [3.8, 4) is 5.75 Å². The molecule has 1 unspecified atom stereocenters. The summed E-state index contributed by atoms with van der Waals surface area (Å²) in [6, 6.07) is 6.69. The van der Waals surface area contributed by atoms with E-state index in [1.807, 2.05) is 0 Å². The Balaban J connectivity index is 1.77. The van der Waals surface area contributed by atoms with Crippen LogP contribution in [0.15, 0.2) is 24.3 Å². The molecule has 0 spiro atoms. The Morgan fingerprint density at radius 3 is 2.71 bits per heavy atom. The summed E-state index contributed by atoms with van der Waals surface area (Å²) in [5.41, 5.74) is 0. The average molecular weight is 354 g/mol. The van der Waals surface area contributed by atoms with E-state index in [2.05, 4.69) is 0 Å². The van der Waals surface area contributed by atoms with Crippen LogP contribution in [0.3, 0.4) is 0 Å². The number of likely N-dealkylation sites (tertiary alicyclic amines) is 1. The number of hydrogen-bond acceptors (Lipinski definition) is 4. The standard InChI is InChI=1S/C18H24ClNO4/c1-2-23-18(22)16-6-3-4-12-20(16)17(21)7-5-13-24-15-10-8-14(19)9-11-15/h8-11,16H,2-7,12-13H2,1H3. The second-order valence-corrected chi connectivity index (χ2v) is 6.19. The van der Waals surface area contributed by atoms with Crippen LogP contribution in [0.25, 0.3) is 0 Å². The van der Waals surface area contributed by atoms with E-state index in [1.54, 1.807) is 36.1 Å². The summed E-state index contributed by atoms with van der Waals surface area (Å²) < 4.78 is 10.7. The maximum absolute atomic E-state index is 12.4. The molecule has 132 valence electrons. The normalized spacial score (nSPS) is 17.4. The fraction of sp³-hybridized carbons (Fsp3) is 0.556. The maximum atomic E-state index is 12.4. The molecule has 0 saturated carbocycles. The van der Waals surface area contributed by atoms with E-state index in [9.17, 15) is 9.59 Å². The molecule has 1 atom stereocenters. The highest BCUT2D eigenvalue weighted by molar-refractivity contribution is 6.30. The Bertz CT molecular complexity index is 546. The van der Waals surface area contributed by atoms with Crippen LogP contribution in [-0.2, 0) is 14.3 Å². The molecule has 1 aromatic rings. The fourth-order valence-electron chi connectivity index (χ4n) is 2.80. The number of rotatable bonds is 7. The van der Waals surface area contributed by atoms with Crippen LogP contribution >= 0.6 is 11.6 Å². The molecule has 1 fully saturated rings. The minimum atomic E-state index is -0.427. The lowest BCUT2D eigenvalue weighted by atomic mass is 10.0. The third-order valence-corrected chi connectivity index (χ3v) is 4.25. The zero-order valence-corrected chi connectivity index (χ0v) is 14.8. The van der Waals surface area contributed by atoms with E-state index in [1.165, 1.54) is 0 Å². The van der Waals surface area contributed by atoms with Gasteiger partial charge in [0, 0.05) is 18.0 Å². The highest BCUT2D eigenvalue weighted by Gasteiger charge is 2.32. The highest BCUT2D eigenvalue weighted by Crippen LogP contribution is 2.20. The summed E-state index contributed by atoms with van der Waals surface area (Å²) >= 11 is 5.82. The van der Waals surface area contributed by atoms with E-state index in [4.69, 9.17) is 21.1 Å². The molecule has 1 saturated heterocycles. The van der Waals surface area contributed by atoms with Crippen molar-refractivity contribution in [3.63, 3.8) is 0 Å². The summed E-state index contributed by atoms with van der Waals surface area (Å²) in [6.07, 6.45) is 3.54. The largest absolute Gasteiger partial charge is 0.494 e. The van der Waals surface area contributed by atoms with Crippen molar-refractivity contribution in [1.29, 1.82) is 0 Å². The van der Waals surface area contributed by atoms with Crippen molar-refractivity contribution in [2.75, 3.05) is 19.8 Å². The molecular weight excluding hydrogens is 330 g/mol. The van der Waals surface area contributed by atoms with Gasteiger partial charge in [-0.1, -0.05) is 11.6 Å². The lowest BCUT2D eigenvalue weighted by Crippen LogP contribution is -2.48. The third kappa shape index (κ3) is 5.41. The predicted octanol–water partition coefficient (Wildman–Crippen LogP) is 3.44. The molecule has 5 nitrogen and oxygen atoms in total. The number of piperidine rings is 1. The SMILES string of the molecule is CCOC(=O)C1CCCCN1C(=O)CCCOc1ccc(Cl)cc1. The lowest BCUT2D eigenvalue weighted by molar-refractivity contribution is -0.156. The summed E-state index contributed by atoms with van der Waals surface area (Å²) in [4.78, 5) is 26.1. The summed E-state index contributed by atoms with van der Waals surface area (Å²) in [7, 11) is 0. The van der Waals surface area contributed by atoms with Gasteiger partial charge in [0.2, 0.25) is 5.91 Å². The minimum absolute atomic E-state index is 0.00698. The Morgan fingerprint density at radius 1 is 1.25 bits per heavy atom. The molecule has 2 rings (SSSR count). The van der Waals surface area contributed by atoms with Crippen molar-refractivity contribution >= 4 is 23.5 Å². The molecular formula is C18H24ClNO4.